The molecule has 2 rings (SSSR count). The van der Waals surface area contributed by atoms with E-state index in [-0.39, 0.29) is 5.91 Å². The number of carbonyl (C=O) groups excluding carboxylic acids is 1. The van der Waals surface area contributed by atoms with E-state index < -0.39 is 5.54 Å². The fraction of sp³-hybridized carbons (Fsp3) is 0.385. The number of para-hydroxylation sites is 2. The minimum absolute atomic E-state index is 0.349. The van der Waals surface area contributed by atoms with Gasteiger partial charge in [0.1, 0.15) is 5.54 Å². The van der Waals surface area contributed by atoms with Crippen molar-refractivity contribution in [2.75, 3.05) is 12.3 Å². The fourth-order valence-electron chi connectivity index (χ4n) is 1.81. The van der Waals surface area contributed by atoms with Crippen molar-refractivity contribution in [2.24, 2.45) is 5.73 Å². The van der Waals surface area contributed by atoms with E-state index in [1.165, 1.54) is 11.8 Å². The highest BCUT2D eigenvalue weighted by Gasteiger charge is 2.30. The van der Waals surface area contributed by atoms with Crippen LogP contribution in [0.1, 0.15) is 13.8 Å². The molecule has 1 heterocycles. The minimum Gasteiger partial charge on any atom is -0.368 e. The number of thioether (sulfide) groups is 1. The summed E-state index contributed by atoms with van der Waals surface area (Å²) in [6.07, 6.45) is 0. The molecule has 0 radical (unpaired) electrons. The van der Waals surface area contributed by atoms with Crippen LogP contribution < -0.4 is 11.1 Å². The van der Waals surface area contributed by atoms with Crippen molar-refractivity contribution in [3.63, 3.8) is 0 Å². The summed E-state index contributed by atoms with van der Waals surface area (Å²) in [4.78, 5) is 19.2. The lowest BCUT2D eigenvalue weighted by Gasteiger charge is -2.25. The van der Waals surface area contributed by atoms with Gasteiger partial charge in [0.05, 0.1) is 11.0 Å². The van der Waals surface area contributed by atoms with Gasteiger partial charge in [-0.25, -0.2) is 4.98 Å². The third-order valence-corrected chi connectivity index (χ3v) is 4.16. The average molecular weight is 278 g/mol. The molecular weight excluding hydrogens is 260 g/mol. The molecule has 4 N–H and O–H groups in total. The molecule has 0 spiro atoms. The number of aromatic amines is 1. The summed E-state index contributed by atoms with van der Waals surface area (Å²) in [6, 6.07) is 7.84. The zero-order valence-corrected chi connectivity index (χ0v) is 11.9. The van der Waals surface area contributed by atoms with E-state index in [1.54, 1.807) is 0 Å². The third-order valence-electron chi connectivity index (χ3n) is 2.98. The maximum Gasteiger partial charge on any atom is 0.238 e. The van der Waals surface area contributed by atoms with Crippen molar-refractivity contribution in [2.45, 2.75) is 24.5 Å². The number of benzene rings is 1. The van der Waals surface area contributed by atoms with Gasteiger partial charge >= 0.3 is 0 Å². The van der Waals surface area contributed by atoms with Crippen LogP contribution in [0.25, 0.3) is 11.0 Å². The Morgan fingerprint density at radius 3 is 2.89 bits per heavy atom. The number of fused-ring (bicyclic) bond motifs is 1. The number of aromatic nitrogens is 2. The number of nitrogens with zero attached hydrogens (tertiary/aromatic N) is 1. The second-order valence-corrected chi connectivity index (χ2v) is 5.54. The van der Waals surface area contributed by atoms with E-state index in [9.17, 15) is 4.79 Å². The Labute approximate surface area is 116 Å². The van der Waals surface area contributed by atoms with Gasteiger partial charge in [0, 0.05) is 5.75 Å². The number of H-pyrrole nitrogens is 1. The highest BCUT2D eigenvalue weighted by Crippen LogP contribution is 2.22. The Hall–Kier alpha value is -1.53. The Morgan fingerprint density at radius 2 is 2.26 bits per heavy atom. The number of rotatable bonds is 6. The second kappa shape index (κ2) is 5.63. The molecule has 0 fully saturated rings. The van der Waals surface area contributed by atoms with Crippen LogP contribution in [0.4, 0.5) is 0 Å². The maximum atomic E-state index is 11.5. The molecule has 1 unspecified atom stereocenters. The van der Waals surface area contributed by atoms with Gasteiger partial charge in [0.2, 0.25) is 5.91 Å². The lowest BCUT2D eigenvalue weighted by molar-refractivity contribution is -0.122. The first kappa shape index (κ1) is 13.9. The number of imidazole rings is 1. The average Bonchev–Trinajstić information content (AvgIpc) is 2.79. The first-order chi connectivity index (χ1) is 9.05. The number of likely N-dealkylation sites (N-methyl/N-ethyl adjacent to an activating group) is 1. The molecule has 0 saturated carbocycles. The van der Waals surface area contributed by atoms with E-state index in [0.717, 1.165) is 16.2 Å². The molecule has 0 saturated heterocycles. The lowest BCUT2D eigenvalue weighted by Crippen LogP contribution is -2.55. The molecule has 5 nitrogen and oxygen atoms in total. The van der Waals surface area contributed by atoms with Gasteiger partial charge in [-0.15, -0.1) is 0 Å². The van der Waals surface area contributed by atoms with Crippen LogP contribution >= 0.6 is 11.8 Å². The Kier molecular flexibility index (Phi) is 4.11. The van der Waals surface area contributed by atoms with Crippen LogP contribution in [-0.2, 0) is 4.79 Å². The topological polar surface area (TPSA) is 83.8 Å². The number of nitrogens with one attached hydrogen (secondary N) is 2. The van der Waals surface area contributed by atoms with E-state index in [1.807, 2.05) is 38.1 Å². The van der Waals surface area contributed by atoms with Crippen molar-refractivity contribution in [3.8, 4) is 0 Å². The monoisotopic (exact) mass is 278 g/mol. The molecule has 2 aromatic rings. The zero-order valence-electron chi connectivity index (χ0n) is 11.1. The standard InChI is InChI=1S/C13H18N4OS/c1-3-15-13(2,11(14)18)8-19-12-16-9-6-4-5-7-10(9)17-12/h4-7,15H,3,8H2,1-2H3,(H2,14,18)(H,16,17). The van der Waals surface area contributed by atoms with Gasteiger partial charge in [0.15, 0.2) is 5.16 Å². The summed E-state index contributed by atoms with van der Waals surface area (Å²) in [6.45, 7) is 4.46. The molecule has 1 aromatic heterocycles. The van der Waals surface area contributed by atoms with Crippen LogP contribution in [0.15, 0.2) is 29.4 Å². The van der Waals surface area contributed by atoms with Gasteiger partial charge < -0.3 is 16.0 Å². The molecule has 1 amide bonds. The Balaban J connectivity index is 2.10. The van der Waals surface area contributed by atoms with E-state index >= 15 is 0 Å². The van der Waals surface area contributed by atoms with Crippen LogP contribution in [0.2, 0.25) is 0 Å². The normalized spacial score (nSPS) is 14.4. The predicted molar refractivity (Wildman–Crippen MR) is 78.1 cm³/mol. The molecule has 102 valence electrons. The first-order valence-corrected chi connectivity index (χ1v) is 7.16. The van der Waals surface area contributed by atoms with Crippen molar-refractivity contribution >= 4 is 28.7 Å². The molecule has 1 aromatic carbocycles. The zero-order chi connectivity index (χ0) is 13.9. The number of hydrogen-bond donors (Lipinski definition) is 3. The summed E-state index contributed by atoms with van der Waals surface area (Å²) in [7, 11) is 0. The second-order valence-electron chi connectivity index (χ2n) is 4.57. The largest absolute Gasteiger partial charge is 0.368 e. The van der Waals surface area contributed by atoms with Crippen LogP contribution in [0, 0.1) is 0 Å². The molecule has 0 aliphatic carbocycles. The number of hydrogen-bond acceptors (Lipinski definition) is 4. The first-order valence-electron chi connectivity index (χ1n) is 6.17. The summed E-state index contributed by atoms with van der Waals surface area (Å²) in [5.41, 5.74) is 6.65. The summed E-state index contributed by atoms with van der Waals surface area (Å²) in [5, 5.41) is 3.92. The Morgan fingerprint density at radius 1 is 1.53 bits per heavy atom. The highest BCUT2D eigenvalue weighted by atomic mass is 32.2. The van der Waals surface area contributed by atoms with Crippen molar-refractivity contribution in [1.82, 2.24) is 15.3 Å². The molecule has 6 heteroatoms. The van der Waals surface area contributed by atoms with Crippen LogP contribution in [0.5, 0.6) is 0 Å². The van der Waals surface area contributed by atoms with Crippen LogP contribution in [-0.4, -0.2) is 33.7 Å². The SMILES string of the molecule is CCNC(C)(CSc1nc2ccccc2[nH]1)C(N)=O. The minimum atomic E-state index is -0.724. The predicted octanol–water partition coefficient (Wildman–Crippen LogP) is 1.51. The van der Waals surface area contributed by atoms with Crippen LogP contribution in [0.3, 0.4) is 0 Å². The van der Waals surface area contributed by atoms with Gasteiger partial charge in [-0.1, -0.05) is 30.8 Å². The molecule has 0 aliphatic heterocycles. The van der Waals surface area contributed by atoms with Gasteiger partial charge in [-0.3, -0.25) is 4.79 Å². The smallest absolute Gasteiger partial charge is 0.238 e. The molecule has 19 heavy (non-hydrogen) atoms. The molecular formula is C13H18N4OS. The van der Waals surface area contributed by atoms with Crippen molar-refractivity contribution in [1.29, 1.82) is 0 Å². The van der Waals surface area contributed by atoms with Gasteiger partial charge in [-0.05, 0) is 25.6 Å². The molecule has 1 atom stereocenters. The summed E-state index contributed by atoms with van der Waals surface area (Å²) in [5.74, 6) is 0.189. The van der Waals surface area contributed by atoms with Crippen molar-refractivity contribution in [3.05, 3.63) is 24.3 Å². The Bertz CT molecular complexity index is 550. The molecule has 0 bridgehead atoms. The summed E-state index contributed by atoms with van der Waals surface area (Å²) >= 11 is 1.49. The highest BCUT2D eigenvalue weighted by molar-refractivity contribution is 7.99. The number of nitrogens with two attached hydrogens (primary N) is 1. The van der Waals surface area contributed by atoms with E-state index in [0.29, 0.717) is 12.3 Å². The quantitative estimate of drug-likeness (QED) is 0.699. The number of amides is 1. The van der Waals surface area contributed by atoms with Gasteiger partial charge in [-0.2, -0.15) is 0 Å². The summed E-state index contributed by atoms with van der Waals surface area (Å²) < 4.78 is 0. The van der Waals surface area contributed by atoms with Gasteiger partial charge in [0.25, 0.3) is 0 Å². The number of primary amides is 1. The lowest BCUT2D eigenvalue weighted by atomic mass is 10.1. The number of carbonyl (C=O) groups is 1. The molecule has 0 aliphatic rings. The fourth-order valence-corrected chi connectivity index (χ4v) is 2.82. The van der Waals surface area contributed by atoms with Crippen molar-refractivity contribution < 1.29 is 4.79 Å². The maximum absolute atomic E-state index is 11.5. The third kappa shape index (κ3) is 3.08. The van der Waals surface area contributed by atoms with E-state index in [2.05, 4.69) is 15.3 Å². The van der Waals surface area contributed by atoms with E-state index in [4.69, 9.17) is 5.73 Å².